The Hall–Kier alpha value is -3.04. The molecule has 2 aromatic carbocycles. The normalized spacial score (nSPS) is 15.8. The highest BCUT2D eigenvalue weighted by Crippen LogP contribution is 2.43. The molecule has 0 radical (unpaired) electrons. The lowest BCUT2D eigenvalue weighted by atomic mass is 9.98. The van der Waals surface area contributed by atoms with Gasteiger partial charge in [0.25, 0.3) is 0 Å². The van der Waals surface area contributed by atoms with Gasteiger partial charge in [0.05, 0.1) is 13.7 Å². The molecule has 2 N–H and O–H groups in total. The van der Waals surface area contributed by atoms with E-state index in [1.807, 2.05) is 30.3 Å². The van der Waals surface area contributed by atoms with E-state index in [9.17, 15) is 0 Å². The number of rotatable bonds is 6. The van der Waals surface area contributed by atoms with Crippen LogP contribution in [0.1, 0.15) is 24.0 Å². The highest BCUT2D eigenvalue weighted by atomic mass is 79.9. The van der Waals surface area contributed by atoms with E-state index in [2.05, 4.69) is 55.4 Å². The molecule has 1 aromatic heterocycles. The van der Waals surface area contributed by atoms with E-state index >= 15 is 0 Å². The lowest BCUT2D eigenvalue weighted by Crippen LogP contribution is -2.32. The molecule has 0 atom stereocenters. The van der Waals surface area contributed by atoms with E-state index < -0.39 is 0 Å². The molecule has 8 nitrogen and oxygen atoms in total. The summed E-state index contributed by atoms with van der Waals surface area (Å²) in [4.78, 5) is 11.2. The summed E-state index contributed by atoms with van der Waals surface area (Å²) in [6.07, 6.45) is 3.79. The first kappa shape index (κ1) is 23.7. The number of aryl methyl sites for hydroxylation is 1. The van der Waals surface area contributed by atoms with Crippen molar-refractivity contribution >= 4 is 33.1 Å². The highest BCUT2D eigenvalue weighted by Gasteiger charge is 2.23. The van der Waals surface area contributed by atoms with Crippen LogP contribution in [0.5, 0.6) is 23.1 Å². The zero-order valence-electron chi connectivity index (χ0n) is 20.2. The SMILES string of the molecule is COc1cc2c(cc1OCC1CCN(C)CC1)CNc1c(Nc3ccc(C)c(Br)c3)ncnc1O2. The number of halogens is 1. The van der Waals surface area contributed by atoms with Crippen molar-refractivity contribution in [2.45, 2.75) is 26.3 Å². The van der Waals surface area contributed by atoms with Gasteiger partial charge in [0.1, 0.15) is 17.8 Å². The summed E-state index contributed by atoms with van der Waals surface area (Å²) in [7, 11) is 3.82. The molecule has 0 unspecified atom stereocenters. The van der Waals surface area contributed by atoms with Crippen LogP contribution in [-0.2, 0) is 6.54 Å². The molecule has 0 spiro atoms. The summed E-state index contributed by atoms with van der Waals surface area (Å²) in [5.41, 5.74) is 3.74. The monoisotopic (exact) mass is 539 g/mol. The van der Waals surface area contributed by atoms with Gasteiger partial charge in [-0.15, -0.1) is 0 Å². The average Bonchev–Trinajstić information content (AvgIpc) is 3.04. The molecule has 1 fully saturated rings. The van der Waals surface area contributed by atoms with Gasteiger partial charge in [-0.25, -0.2) is 4.98 Å². The van der Waals surface area contributed by atoms with Crippen LogP contribution in [0.2, 0.25) is 0 Å². The number of likely N-dealkylation sites (tertiary alicyclic amines) is 1. The van der Waals surface area contributed by atoms with Crippen molar-refractivity contribution in [1.82, 2.24) is 14.9 Å². The minimum absolute atomic E-state index is 0.453. The number of fused-ring (bicyclic) bond motifs is 2. The fraction of sp³-hybridized carbons (Fsp3) is 0.385. The van der Waals surface area contributed by atoms with E-state index in [1.165, 1.54) is 6.33 Å². The lowest BCUT2D eigenvalue weighted by Gasteiger charge is -2.29. The van der Waals surface area contributed by atoms with E-state index in [0.29, 0.717) is 48.0 Å². The lowest BCUT2D eigenvalue weighted by molar-refractivity contribution is 0.157. The summed E-state index contributed by atoms with van der Waals surface area (Å²) < 4.78 is 19.1. The van der Waals surface area contributed by atoms with Crippen LogP contribution in [-0.4, -0.2) is 48.7 Å². The first-order valence-electron chi connectivity index (χ1n) is 11.8. The number of benzene rings is 2. The molecule has 3 aromatic rings. The average molecular weight is 540 g/mol. The Bertz CT molecular complexity index is 1210. The quantitative estimate of drug-likeness (QED) is 0.410. The summed E-state index contributed by atoms with van der Waals surface area (Å²) in [5, 5.41) is 6.82. The molecule has 0 amide bonds. The first-order valence-corrected chi connectivity index (χ1v) is 12.6. The van der Waals surface area contributed by atoms with Crippen LogP contribution >= 0.6 is 15.9 Å². The Balaban J connectivity index is 1.36. The van der Waals surface area contributed by atoms with Crippen LogP contribution in [0.3, 0.4) is 0 Å². The van der Waals surface area contributed by atoms with E-state index in [1.54, 1.807) is 7.11 Å². The second-order valence-corrected chi connectivity index (χ2v) is 9.97. The maximum absolute atomic E-state index is 6.24. The van der Waals surface area contributed by atoms with Crippen molar-refractivity contribution in [3.63, 3.8) is 0 Å². The van der Waals surface area contributed by atoms with E-state index in [4.69, 9.17) is 14.2 Å². The molecular formula is C26H30BrN5O3. The minimum atomic E-state index is 0.453. The van der Waals surface area contributed by atoms with Gasteiger partial charge in [-0.1, -0.05) is 22.0 Å². The van der Waals surface area contributed by atoms with Crippen molar-refractivity contribution in [2.24, 2.45) is 5.92 Å². The van der Waals surface area contributed by atoms with Gasteiger partial charge in [-0.2, -0.15) is 4.98 Å². The predicted molar refractivity (Wildman–Crippen MR) is 140 cm³/mol. The van der Waals surface area contributed by atoms with Gasteiger partial charge in [0, 0.05) is 28.3 Å². The van der Waals surface area contributed by atoms with Gasteiger partial charge in [-0.05, 0) is 69.6 Å². The Morgan fingerprint density at radius 1 is 1.17 bits per heavy atom. The molecule has 0 aliphatic carbocycles. The van der Waals surface area contributed by atoms with Gasteiger partial charge >= 0.3 is 0 Å². The number of hydrogen-bond acceptors (Lipinski definition) is 8. The van der Waals surface area contributed by atoms with Crippen molar-refractivity contribution in [3.05, 3.63) is 52.3 Å². The smallest absolute Gasteiger partial charge is 0.248 e. The maximum Gasteiger partial charge on any atom is 0.248 e. The highest BCUT2D eigenvalue weighted by molar-refractivity contribution is 9.10. The molecule has 35 heavy (non-hydrogen) atoms. The zero-order chi connectivity index (χ0) is 24.4. The van der Waals surface area contributed by atoms with Gasteiger partial charge in [0.15, 0.2) is 17.3 Å². The number of anilines is 3. The van der Waals surface area contributed by atoms with Crippen LogP contribution in [0.4, 0.5) is 17.2 Å². The van der Waals surface area contributed by atoms with Crippen molar-refractivity contribution < 1.29 is 14.2 Å². The topological polar surface area (TPSA) is 80.8 Å². The second kappa shape index (κ2) is 10.3. The number of nitrogens with one attached hydrogen (secondary N) is 2. The third-order valence-electron chi connectivity index (χ3n) is 6.57. The van der Waals surface area contributed by atoms with Crippen LogP contribution in [0, 0.1) is 12.8 Å². The summed E-state index contributed by atoms with van der Waals surface area (Å²) >= 11 is 3.59. The molecule has 9 heteroatoms. The fourth-order valence-electron chi connectivity index (χ4n) is 4.32. The molecular weight excluding hydrogens is 510 g/mol. The third-order valence-corrected chi connectivity index (χ3v) is 7.42. The Kier molecular flexibility index (Phi) is 6.97. The number of ether oxygens (including phenoxy) is 3. The van der Waals surface area contributed by atoms with Crippen LogP contribution in [0.25, 0.3) is 0 Å². The number of piperidine rings is 1. The Labute approximate surface area is 214 Å². The molecule has 3 heterocycles. The van der Waals surface area contributed by atoms with Gasteiger partial charge < -0.3 is 29.7 Å². The summed E-state index contributed by atoms with van der Waals surface area (Å²) in [6, 6.07) is 9.96. The molecule has 184 valence electrons. The Morgan fingerprint density at radius 3 is 2.77 bits per heavy atom. The summed E-state index contributed by atoms with van der Waals surface area (Å²) in [5.74, 6) is 3.72. The van der Waals surface area contributed by atoms with Gasteiger partial charge in [-0.3, -0.25) is 0 Å². The number of aromatic nitrogens is 2. The zero-order valence-corrected chi connectivity index (χ0v) is 21.8. The van der Waals surface area contributed by atoms with Gasteiger partial charge in [0.2, 0.25) is 5.88 Å². The molecule has 2 aliphatic rings. The largest absolute Gasteiger partial charge is 0.493 e. The number of nitrogens with zero attached hydrogens (tertiary/aromatic N) is 3. The number of methoxy groups -OCH3 is 1. The molecule has 0 saturated carbocycles. The fourth-order valence-corrected chi connectivity index (χ4v) is 4.70. The Morgan fingerprint density at radius 2 is 2.00 bits per heavy atom. The maximum atomic E-state index is 6.24. The van der Waals surface area contributed by atoms with Crippen molar-refractivity contribution in [2.75, 3.05) is 44.5 Å². The minimum Gasteiger partial charge on any atom is -0.493 e. The second-order valence-electron chi connectivity index (χ2n) is 9.12. The standard InChI is InChI=1S/C26H30BrN5O3/c1-16-4-5-19(11-20(16)27)31-25-24-26(30-15-29-25)35-21-12-22(33-3)23(10-18(21)13-28-24)34-14-17-6-8-32(2)9-7-17/h4-5,10-12,15,17,28H,6-9,13-14H2,1-3H3,(H,29,30,31). The molecule has 5 rings (SSSR count). The van der Waals surface area contributed by atoms with Crippen LogP contribution < -0.4 is 24.8 Å². The number of hydrogen-bond donors (Lipinski definition) is 2. The summed E-state index contributed by atoms with van der Waals surface area (Å²) in [6.45, 7) is 5.50. The molecule has 0 bridgehead atoms. The van der Waals surface area contributed by atoms with E-state index in [-0.39, 0.29) is 0 Å². The molecule has 1 saturated heterocycles. The van der Waals surface area contributed by atoms with Crippen molar-refractivity contribution in [1.29, 1.82) is 0 Å². The third kappa shape index (κ3) is 5.31. The van der Waals surface area contributed by atoms with Crippen LogP contribution in [0.15, 0.2) is 41.1 Å². The van der Waals surface area contributed by atoms with Crippen molar-refractivity contribution in [3.8, 4) is 23.1 Å². The van der Waals surface area contributed by atoms with E-state index in [0.717, 1.165) is 53.0 Å². The predicted octanol–water partition coefficient (Wildman–Crippen LogP) is 5.74. The first-order chi connectivity index (χ1) is 17.0. The molecule has 2 aliphatic heterocycles.